The largest absolute Gasteiger partial charge is 0.372 e. The minimum absolute atomic E-state index is 0.320. The summed E-state index contributed by atoms with van der Waals surface area (Å²) in [6.07, 6.45) is 3.39. The Kier molecular flexibility index (Phi) is 4.82. The molecule has 0 aliphatic rings. The van der Waals surface area contributed by atoms with E-state index in [9.17, 15) is 0 Å². The summed E-state index contributed by atoms with van der Waals surface area (Å²) >= 11 is 0. The van der Waals surface area contributed by atoms with E-state index in [0.29, 0.717) is 18.6 Å². The van der Waals surface area contributed by atoms with Crippen LogP contribution in [0.25, 0.3) is 0 Å². The molecule has 0 aromatic carbocycles. The van der Waals surface area contributed by atoms with Crippen LogP contribution >= 0.6 is 0 Å². The van der Waals surface area contributed by atoms with Crippen molar-refractivity contribution in [3.63, 3.8) is 0 Å². The van der Waals surface area contributed by atoms with E-state index in [-0.39, 0.29) is 0 Å². The molecule has 0 N–H and O–H groups in total. The minimum atomic E-state index is 0.320. The van der Waals surface area contributed by atoms with Gasteiger partial charge in [-0.3, -0.25) is 4.68 Å². The van der Waals surface area contributed by atoms with Crippen LogP contribution in [0.2, 0.25) is 0 Å². The van der Waals surface area contributed by atoms with E-state index in [1.165, 1.54) is 0 Å². The molecule has 1 atom stereocenters. The second-order valence-electron chi connectivity index (χ2n) is 4.45. The van der Waals surface area contributed by atoms with Crippen LogP contribution in [-0.2, 0) is 17.9 Å². The first-order valence-corrected chi connectivity index (χ1v) is 5.75. The van der Waals surface area contributed by atoms with Crippen LogP contribution < -0.4 is 0 Å². The van der Waals surface area contributed by atoms with Crippen molar-refractivity contribution in [1.82, 2.24) is 9.78 Å². The van der Waals surface area contributed by atoms with Gasteiger partial charge < -0.3 is 4.74 Å². The van der Waals surface area contributed by atoms with Crippen LogP contribution in [0.15, 0.2) is 12.3 Å². The maximum absolute atomic E-state index is 5.62. The minimum Gasteiger partial charge on any atom is -0.372 e. The third-order valence-electron chi connectivity index (χ3n) is 2.34. The summed E-state index contributed by atoms with van der Waals surface area (Å²) in [4.78, 5) is 0. The molecular weight excluding hydrogens is 188 g/mol. The molecule has 0 amide bonds. The smallest absolute Gasteiger partial charge is 0.0910 e. The molecule has 1 aromatic rings. The number of ether oxygens (including phenoxy) is 1. The van der Waals surface area contributed by atoms with Gasteiger partial charge in [0.05, 0.1) is 18.4 Å². The van der Waals surface area contributed by atoms with Crippen molar-refractivity contribution in [2.24, 2.45) is 5.92 Å². The Labute approximate surface area is 92.4 Å². The lowest BCUT2D eigenvalue weighted by molar-refractivity contribution is 0.0485. The van der Waals surface area contributed by atoms with Crippen molar-refractivity contribution in [3.8, 4) is 0 Å². The lowest BCUT2D eigenvalue weighted by atomic mass is 10.2. The average molecular weight is 210 g/mol. The Morgan fingerprint density at radius 3 is 2.73 bits per heavy atom. The fourth-order valence-electron chi connectivity index (χ4n) is 1.30. The van der Waals surface area contributed by atoms with E-state index in [2.05, 4.69) is 32.8 Å². The van der Waals surface area contributed by atoms with E-state index in [1.807, 2.05) is 16.9 Å². The zero-order valence-electron chi connectivity index (χ0n) is 10.2. The highest BCUT2D eigenvalue weighted by Gasteiger charge is 2.03. The molecule has 1 heterocycles. The summed E-state index contributed by atoms with van der Waals surface area (Å²) < 4.78 is 7.61. The molecule has 0 aliphatic carbocycles. The van der Waals surface area contributed by atoms with Crippen molar-refractivity contribution >= 4 is 0 Å². The van der Waals surface area contributed by atoms with Gasteiger partial charge in [0.1, 0.15) is 0 Å². The van der Waals surface area contributed by atoms with Gasteiger partial charge in [0.15, 0.2) is 0 Å². The summed E-state index contributed by atoms with van der Waals surface area (Å²) in [6.45, 7) is 10.2. The third kappa shape index (κ3) is 4.47. The molecule has 0 radical (unpaired) electrons. The molecule has 86 valence electrons. The Balaban J connectivity index is 2.39. The van der Waals surface area contributed by atoms with Gasteiger partial charge in [-0.2, -0.15) is 5.10 Å². The quantitative estimate of drug-likeness (QED) is 0.722. The van der Waals surface area contributed by atoms with E-state index in [1.54, 1.807) is 0 Å². The van der Waals surface area contributed by atoms with Crippen molar-refractivity contribution < 1.29 is 4.74 Å². The molecular formula is C12H22N2O. The molecule has 1 rings (SSSR count). The van der Waals surface area contributed by atoms with Crippen LogP contribution in [0, 0.1) is 5.92 Å². The standard InChI is InChI=1S/C12H22N2O/c1-5-11(4)15-9-12-6-7-14(13-12)8-10(2)3/h6-7,10-11H,5,8-9H2,1-4H3/t11-/m0/s1. The van der Waals surface area contributed by atoms with Gasteiger partial charge >= 0.3 is 0 Å². The van der Waals surface area contributed by atoms with Gasteiger partial charge in [0.2, 0.25) is 0 Å². The average Bonchev–Trinajstić information content (AvgIpc) is 2.61. The number of rotatable bonds is 6. The van der Waals surface area contributed by atoms with Gasteiger partial charge in [-0.1, -0.05) is 20.8 Å². The molecule has 0 saturated heterocycles. The Bertz CT molecular complexity index is 281. The van der Waals surface area contributed by atoms with Gasteiger partial charge in [-0.15, -0.1) is 0 Å². The van der Waals surface area contributed by atoms with Crippen LogP contribution in [0.1, 0.15) is 39.8 Å². The topological polar surface area (TPSA) is 27.1 Å². The maximum atomic E-state index is 5.62. The van der Waals surface area contributed by atoms with E-state index < -0.39 is 0 Å². The summed E-state index contributed by atoms with van der Waals surface area (Å²) in [5, 5.41) is 4.45. The fourth-order valence-corrected chi connectivity index (χ4v) is 1.30. The third-order valence-corrected chi connectivity index (χ3v) is 2.34. The highest BCUT2D eigenvalue weighted by atomic mass is 16.5. The van der Waals surface area contributed by atoms with Crippen LogP contribution in [0.3, 0.4) is 0 Å². The Morgan fingerprint density at radius 2 is 2.13 bits per heavy atom. The Hall–Kier alpha value is -0.830. The zero-order valence-corrected chi connectivity index (χ0v) is 10.2. The van der Waals surface area contributed by atoms with Crippen molar-refractivity contribution in [2.45, 2.75) is 53.4 Å². The zero-order chi connectivity index (χ0) is 11.3. The predicted octanol–water partition coefficient (Wildman–Crippen LogP) is 2.85. The van der Waals surface area contributed by atoms with Gasteiger partial charge in [-0.25, -0.2) is 0 Å². The molecule has 0 aliphatic heterocycles. The molecule has 3 nitrogen and oxygen atoms in total. The van der Waals surface area contributed by atoms with Crippen LogP contribution in [0.5, 0.6) is 0 Å². The van der Waals surface area contributed by atoms with E-state index in [4.69, 9.17) is 4.74 Å². The van der Waals surface area contributed by atoms with E-state index >= 15 is 0 Å². The molecule has 0 saturated carbocycles. The SMILES string of the molecule is CC[C@H](C)OCc1ccn(CC(C)C)n1. The molecule has 0 unspecified atom stereocenters. The second kappa shape index (κ2) is 5.91. The van der Waals surface area contributed by atoms with Crippen LogP contribution in [0.4, 0.5) is 0 Å². The first-order chi connectivity index (χ1) is 7.11. The van der Waals surface area contributed by atoms with Crippen molar-refractivity contribution in [3.05, 3.63) is 18.0 Å². The number of aromatic nitrogens is 2. The molecule has 0 fully saturated rings. The van der Waals surface area contributed by atoms with Crippen molar-refractivity contribution in [1.29, 1.82) is 0 Å². The van der Waals surface area contributed by atoms with E-state index in [0.717, 1.165) is 18.7 Å². The highest BCUT2D eigenvalue weighted by Crippen LogP contribution is 2.05. The monoisotopic (exact) mass is 210 g/mol. The molecule has 0 spiro atoms. The summed E-state index contributed by atoms with van der Waals surface area (Å²) in [6, 6.07) is 2.03. The first kappa shape index (κ1) is 12.2. The molecule has 15 heavy (non-hydrogen) atoms. The van der Waals surface area contributed by atoms with Crippen molar-refractivity contribution in [2.75, 3.05) is 0 Å². The normalized spacial score (nSPS) is 13.4. The summed E-state index contributed by atoms with van der Waals surface area (Å²) in [5.74, 6) is 0.633. The molecule has 3 heteroatoms. The lowest BCUT2D eigenvalue weighted by Gasteiger charge is -2.08. The number of hydrogen-bond donors (Lipinski definition) is 0. The first-order valence-electron chi connectivity index (χ1n) is 5.75. The molecule has 1 aromatic heterocycles. The number of nitrogens with zero attached hydrogens (tertiary/aromatic N) is 2. The maximum Gasteiger partial charge on any atom is 0.0910 e. The summed E-state index contributed by atoms with van der Waals surface area (Å²) in [5.41, 5.74) is 1.02. The second-order valence-corrected chi connectivity index (χ2v) is 4.45. The molecule has 0 bridgehead atoms. The number of hydrogen-bond acceptors (Lipinski definition) is 2. The van der Waals surface area contributed by atoms with Gasteiger partial charge in [-0.05, 0) is 25.3 Å². The predicted molar refractivity (Wildman–Crippen MR) is 61.6 cm³/mol. The fraction of sp³-hybridized carbons (Fsp3) is 0.750. The van der Waals surface area contributed by atoms with Gasteiger partial charge in [0, 0.05) is 12.7 Å². The Morgan fingerprint density at radius 1 is 1.40 bits per heavy atom. The van der Waals surface area contributed by atoms with Crippen LogP contribution in [-0.4, -0.2) is 15.9 Å². The summed E-state index contributed by atoms with van der Waals surface area (Å²) in [7, 11) is 0. The highest BCUT2D eigenvalue weighted by molar-refractivity contribution is 4.97. The lowest BCUT2D eigenvalue weighted by Crippen LogP contribution is -2.08. The van der Waals surface area contributed by atoms with Gasteiger partial charge in [0.25, 0.3) is 0 Å².